The summed E-state index contributed by atoms with van der Waals surface area (Å²) >= 11 is 5.97. The van der Waals surface area contributed by atoms with Gasteiger partial charge in [0.05, 0.1) is 23.5 Å². The van der Waals surface area contributed by atoms with Crippen LogP contribution in [0.15, 0.2) is 48.5 Å². The van der Waals surface area contributed by atoms with Crippen molar-refractivity contribution >= 4 is 34.5 Å². The minimum atomic E-state index is -0.993. The summed E-state index contributed by atoms with van der Waals surface area (Å²) in [7, 11) is 0. The van der Waals surface area contributed by atoms with Crippen LogP contribution in [0, 0.1) is 0 Å². The number of carboxylic acids is 1. The predicted molar refractivity (Wildman–Crippen MR) is 99.0 cm³/mol. The van der Waals surface area contributed by atoms with Gasteiger partial charge in [-0.1, -0.05) is 35.9 Å². The number of aryl methyl sites for hydroxylation is 1. The topological polar surface area (TPSA) is 95.1 Å². The molecule has 7 heteroatoms. The number of para-hydroxylation sites is 2. The molecule has 26 heavy (non-hydrogen) atoms. The molecular weight excluding hydrogens is 354 g/mol. The van der Waals surface area contributed by atoms with Gasteiger partial charge in [0.1, 0.15) is 5.82 Å². The van der Waals surface area contributed by atoms with Gasteiger partial charge in [0.15, 0.2) is 0 Å². The molecule has 3 N–H and O–H groups in total. The molecule has 1 unspecified atom stereocenters. The molecule has 0 spiro atoms. The van der Waals surface area contributed by atoms with Gasteiger partial charge in [-0.2, -0.15) is 0 Å². The molecule has 0 fully saturated rings. The average Bonchev–Trinajstić information content (AvgIpc) is 3.02. The summed E-state index contributed by atoms with van der Waals surface area (Å²) in [5.74, 6) is -0.511. The SMILES string of the molecule is O=C(O)CC(NC(=O)CCc1nc2ccccc2[nH]1)c1cccc(Cl)c1. The summed E-state index contributed by atoms with van der Waals surface area (Å²) in [6.07, 6.45) is 0.434. The number of carboxylic acid groups (broad SMARTS) is 1. The molecule has 1 amide bonds. The van der Waals surface area contributed by atoms with Crippen molar-refractivity contribution in [3.05, 3.63) is 64.9 Å². The van der Waals surface area contributed by atoms with Crippen LogP contribution < -0.4 is 5.32 Å². The number of aliphatic carboxylic acids is 1. The first kappa shape index (κ1) is 17.9. The van der Waals surface area contributed by atoms with E-state index in [2.05, 4.69) is 15.3 Å². The summed E-state index contributed by atoms with van der Waals surface area (Å²) in [5.41, 5.74) is 2.44. The monoisotopic (exact) mass is 371 g/mol. The van der Waals surface area contributed by atoms with Gasteiger partial charge in [0.2, 0.25) is 5.91 Å². The Balaban J connectivity index is 1.64. The Bertz CT molecular complexity index is 905. The standard InChI is InChI=1S/C19H18ClN3O3/c20-13-5-3-4-12(10-13)16(11-19(25)26)23-18(24)9-8-17-21-14-6-1-2-7-15(14)22-17/h1-7,10,16H,8-9,11H2,(H,21,22)(H,23,24)(H,25,26). The number of aromatic nitrogens is 2. The molecule has 3 rings (SSSR count). The maximum Gasteiger partial charge on any atom is 0.305 e. The molecule has 1 heterocycles. The number of halogens is 1. The lowest BCUT2D eigenvalue weighted by Gasteiger charge is -2.17. The molecule has 0 saturated carbocycles. The summed E-state index contributed by atoms with van der Waals surface area (Å²) in [4.78, 5) is 31.0. The van der Waals surface area contributed by atoms with Crippen LogP contribution in [0.25, 0.3) is 11.0 Å². The molecule has 0 aliphatic heterocycles. The van der Waals surface area contributed by atoms with Crippen molar-refractivity contribution in [1.29, 1.82) is 0 Å². The summed E-state index contributed by atoms with van der Waals surface area (Å²) in [6.45, 7) is 0. The van der Waals surface area contributed by atoms with Crippen LogP contribution in [0.5, 0.6) is 0 Å². The third-order valence-electron chi connectivity index (χ3n) is 3.99. The number of H-pyrrole nitrogens is 1. The number of imidazole rings is 1. The third kappa shape index (κ3) is 4.61. The van der Waals surface area contributed by atoms with Crippen LogP contribution in [0.2, 0.25) is 5.02 Å². The second-order valence-corrected chi connectivity index (χ2v) is 6.41. The number of rotatable bonds is 7. The maximum atomic E-state index is 12.3. The van der Waals surface area contributed by atoms with E-state index in [0.29, 0.717) is 17.0 Å². The highest BCUT2D eigenvalue weighted by molar-refractivity contribution is 6.30. The third-order valence-corrected chi connectivity index (χ3v) is 4.23. The number of benzene rings is 2. The van der Waals surface area contributed by atoms with Gasteiger partial charge in [-0.25, -0.2) is 4.98 Å². The van der Waals surface area contributed by atoms with Crippen LogP contribution in [0.3, 0.4) is 0 Å². The number of aromatic amines is 1. The Labute approximate surface area is 155 Å². The van der Waals surface area contributed by atoms with Crippen molar-refractivity contribution in [3.8, 4) is 0 Å². The van der Waals surface area contributed by atoms with Gasteiger partial charge in [0, 0.05) is 17.9 Å². The summed E-state index contributed by atoms with van der Waals surface area (Å²) in [5, 5.41) is 12.4. The van der Waals surface area contributed by atoms with Gasteiger partial charge in [-0.05, 0) is 29.8 Å². The second-order valence-electron chi connectivity index (χ2n) is 5.97. The molecule has 134 valence electrons. The molecule has 1 atom stereocenters. The molecule has 0 aliphatic carbocycles. The zero-order valence-electron chi connectivity index (χ0n) is 13.9. The normalized spacial score (nSPS) is 12.0. The maximum absolute atomic E-state index is 12.3. The van der Waals surface area contributed by atoms with E-state index in [4.69, 9.17) is 16.7 Å². The summed E-state index contributed by atoms with van der Waals surface area (Å²) < 4.78 is 0. The van der Waals surface area contributed by atoms with Crippen molar-refractivity contribution in [2.24, 2.45) is 0 Å². The van der Waals surface area contributed by atoms with E-state index in [1.807, 2.05) is 24.3 Å². The van der Waals surface area contributed by atoms with E-state index in [0.717, 1.165) is 16.9 Å². The Morgan fingerprint density at radius 2 is 2.00 bits per heavy atom. The van der Waals surface area contributed by atoms with E-state index >= 15 is 0 Å². The lowest BCUT2D eigenvalue weighted by Crippen LogP contribution is -2.30. The minimum Gasteiger partial charge on any atom is -0.481 e. The minimum absolute atomic E-state index is 0.205. The Hall–Kier alpha value is -2.86. The van der Waals surface area contributed by atoms with Crippen molar-refractivity contribution < 1.29 is 14.7 Å². The number of carbonyl (C=O) groups excluding carboxylic acids is 1. The number of nitrogens with zero attached hydrogens (tertiary/aromatic N) is 1. The summed E-state index contributed by atoms with van der Waals surface area (Å²) in [6, 6.07) is 13.9. The van der Waals surface area contributed by atoms with Gasteiger partial charge >= 0.3 is 5.97 Å². The van der Waals surface area contributed by atoms with Crippen molar-refractivity contribution in [3.63, 3.8) is 0 Å². The van der Waals surface area contributed by atoms with Crippen molar-refractivity contribution in [1.82, 2.24) is 15.3 Å². The van der Waals surface area contributed by atoms with Gasteiger partial charge in [-0.15, -0.1) is 0 Å². The van der Waals surface area contributed by atoms with E-state index < -0.39 is 12.0 Å². The van der Waals surface area contributed by atoms with E-state index in [9.17, 15) is 9.59 Å². The fraction of sp³-hybridized carbons (Fsp3) is 0.211. The fourth-order valence-electron chi connectivity index (χ4n) is 2.77. The molecule has 0 aliphatic rings. The number of hydrogen-bond donors (Lipinski definition) is 3. The molecule has 6 nitrogen and oxygen atoms in total. The van der Waals surface area contributed by atoms with Crippen LogP contribution in [0.1, 0.15) is 30.3 Å². The van der Waals surface area contributed by atoms with E-state index in [-0.39, 0.29) is 18.7 Å². The molecular formula is C19H18ClN3O3. The first-order valence-electron chi connectivity index (χ1n) is 8.21. The lowest BCUT2D eigenvalue weighted by atomic mass is 10.0. The highest BCUT2D eigenvalue weighted by Gasteiger charge is 2.18. The molecule has 0 radical (unpaired) electrons. The molecule has 1 aromatic heterocycles. The second kappa shape index (κ2) is 8.01. The smallest absolute Gasteiger partial charge is 0.305 e. The zero-order chi connectivity index (χ0) is 18.5. The number of fused-ring (bicyclic) bond motifs is 1. The highest BCUT2D eigenvalue weighted by Crippen LogP contribution is 2.21. The quantitative estimate of drug-likeness (QED) is 0.592. The number of amides is 1. The number of nitrogens with one attached hydrogen (secondary N) is 2. The van der Waals surface area contributed by atoms with Gasteiger partial charge in [0.25, 0.3) is 0 Å². The molecule has 3 aromatic rings. The first-order valence-corrected chi connectivity index (χ1v) is 8.59. The molecule has 0 bridgehead atoms. The number of carbonyl (C=O) groups is 2. The van der Waals surface area contributed by atoms with Crippen LogP contribution in [0.4, 0.5) is 0 Å². The lowest BCUT2D eigenvalue weighted by molar-refractivity contribution is -0.137. The highest BCUT2D eigenvalue weighted by atomic mass is 35.5. The van der Waals surface area contributed by atoms with Crippen LogP contribution in [-0.2, 0) is 16.0 Å². The van der Waals surface area contributed by atoms with Gasteiger partial charge < -0.3 is 15.4 Å². The Morgan fingerprint density at radius 3 is 2.73 bits per heavy atom. The average molecular weight is 372 g/mol. The molecule has 0 saturated heterocycles. The van der Waals surface area contributed by atoms with E-state index in [1.54, 1.807) is 24.3 Å². The Kier molecular flexibility index (Phi) is 5.53. The van der Waals surface area contributed by atoms with Gasteiger partial charge in [-0.3, -0.25) is 9.59 Å². The molecule has 2 aromatic carbocycles. The Morgan fingerprint density at radius 1 is 1.19 bits per heavy atom. The van der Waals surface area contributed by atoms with E-state index in [1.165, 1.54) is 0 Å². The first-order chi connectivity index (χ1) is 12.5. The zero-order valence-corrected chi connectivity index (χ0v) is 14.7. The fourth-order valence-corrected chi connectivity index (χ4v) is 2.97. The van der Waals surface area contributed by atoms with Crippen LogP contribution >= 0.6 is 11.6 Å². The largest absolute Gasteiger partial charge is 0.481 e. The van der Waals surface area contributed by atoms with Crippen LogP contribution in [-0.4, -0.2) is 27.0 Å². The van der Waals surface area contributed by atoms with Crippen molar-refractivity contribution in [2.75, 3.05) is 0 Å². The number of hydrogen-bond acceptors (Lipinski definition) is 3. The van der Waals surface area contributed by atoms with Crippen molar-refractivity contribution in [2.45, 2.75) is 25.3 Å². The predicted octanol–water partition coefficient (Wildman–Crippen LogP) is 3.48.